The molecule has 2 aromatic rings. The van der Waals surface area contributed by atoms with Gasteiger partial charge in [0.15, 0.2) is 11.6 Å². The van der Waals surface area contributed by atoms with Crippen molar-refractivity contribution >= 4 is 33.3 Å². The van der Waals surface area contributed by atoms with Gasteiger partial charge in [0, 0.05) is 17.8 Å². The molecular formula is C30H29F5N2O8S. The number of methoxy groups -OCH3 is 1. The van der Waals surface area contributed by atoms with E-state index in [1.807, 2.05) is 0 Å². The number of ether oxygens (including phenoxy) is 2. The molecule has 4 atom stereocenters. The number of rotatable bonds is 9. The van der Waals surface area contributed by atoms with Crippen molar-refractivity contribution in [2.24, 2.45) is 23.7 Å². The zero-order valence-corrected chi connectivity index (χ0v) is 25.0. The average molecular weight is 673 g/mol. The molecule has 3 aliphatic carbocycles. The number of hydrogen-bond donors (Lipinski definition) is 3. The minimum Gasteiger partial charge on any atom is -0.496 e. The Balaban J connectivity index is 1.34. The molecular weight excluding hydrogens is 643 g/mol. The normalized spacial score (nSPS) is 25.6. The first-order chi connectivity index (χ1) is 21.6. The summed E-state index contributed by atoms with van der Waals surface area (Å²) < 4.78 is 103. The Labute approximate surface area is 259 Å². The van der Waals surface area contributed by atoms with E-state index >= 15 is 0 Å². The first kappa shape index (κ1) is 33.2. The third-order valence-electron chi connectivity index (χ3n) is 8.67. The van der Waals surface area contributed by atoms with Crippen LogP contribution in [0.4, 0.5) is 27.6 Å². The van der Waals surface area contributed by atoms with Crippen molar-refractivity contribution in [3.63, 3.8) is 0 Å². The molecule has 0 spiro atoms. The molecule has 0 saturated heterocycles. The summed E-state index contributed by atoms with van der Waals surface area (Å²) in [6, 6.07) is 3.09. The fourth-order valence-electron chi connectivity index (χ4n) is 6.32. The topological polar surface area (TPSA) is 148 Å². The van der Waals surface area contributed by atoms with Crippen molar-refractivity contribution in [2.45, 2.75) is 54.7 Å². The van der Waals surface area contributed by atoms with Crippen LogP contribution in [0.3, 0.4) is 0 Å². The molecule has 0 aromatic heterocycles. The Morgan fingerprint density at radius 1 is 0.935 bits per heavy atom. The monoisotopic (exact) mass is 672 g/mol. The minimum absolute atomic E-state index is 0.107. The molecule has 248 valence electrons. The van der Waals surface area contributed by atoms with Crippen LogP contribution in [0.15, 0.2) is 47.4 Å². The number of nitrogens with one attached hydrogen (secondary N) is 2. The summed E-state index contributed by atoms with van der Waals surface area (Å²) in [4.78, 5) is 36.5. The predicted octanol–water partition coefficient (Wildman–Crippen LogP) is 4.85. The summed E-state index contributed by atoms with van der Waals surface area (Å²) in [6.45, 7) is 0. The maximum Gasteiger partial charge on any atom is 0.502 e. The van der Waals surface area contributed by atoms with Crippen molar-refractivity contribution < 1.29 is 59.3 Å². The van der Waals surface area contributed by atoms with Crippen LogP contribution in [0.5, 0.6) is 11.5 Å². The van der Waals surface area contributed by atoms with E-state index in [0.29, 0.717) is 44.2 Å². The minimum atomic E-state index is -6.05. The van der Waals surface area contributed by atoms with Gasteiger partial charge in [-0.05, 0) is 68.2 Å². The lowest BCUT2D eigenvalue weighted by atomic mass is 9.87. The Morgan fingerprint density at radius 3 is 2.24 bits per heavy atom. The van der Waals surface area contributed by atoms with E-state index < -0.39 is 79.3 Å². The number of hydrogen-bond acceptors (Lipinski definition) is 7. The summed E-state index contributed by atoms with van der Waals surface area (Å²) in [5.41, 5.74) is -6.28. The Bertz CT molecular complexity index is 1690. The number of anilines is 1. The fraction of sp³-hybridized carbons (Fsp3) is 0.433. The summed E-state index contributed by atoms with van der Waals surface area (Å²) in [6.07, 6.45) is 4.98. The number of halogens is 5. The number of carboxylic acids is 1. The third kappa shape index (κ3) is 6.39. The largest absolute Gasteiger partial charge is 0.502 e. The van der Waals surface area contributed by atoms with Crippen LogP contribution in [0.2, 0.25) is 0 Å². The molecule has 5 rings (SSSR count). The zero-order valence-electron chi connectivity index (χ0n) is 24.1. The molecule has 46 heavy (non-hydrogen) atoms. The maximum absolute atomic E-state index is 14.9. The fourth-order valence-corrected chi connectivity index (χ4v) is 7.18. The smallest absolute Gasteiger partial charge is 0.496 e. The molecule has 2 aromatic carbocycles. The molecule has 2 bridgehead atoms. The van der Waals surface area contributed by atoms with Crippen molar-refractivity contribution in [2.75, 3.05) is 12.4 Å². The van der Waals surface area contributed by atoms with Crippen molar-refractivity contribution in [1.29, 1.82) is 0 Å². The van der Waals surface area contributed by atoms with Crippen LogP contribution in [0.25, 0.3) is 0 Å². The molecule has 10 nitrogen and oxygen atoms in total. The van der Waals surface area contributed by atoms with Gasteiger partial charge in [-0.1, -0.05) is 12.2 Å². The van der Waals surface area contributed by atoms with Crippen LogP contribution in [-0.4, -0.2) is 56.1 Å². The Morgan fingerprint density at radius 2 is 1.61 bits per heavy atom. The van der Waals surface area contributed by atoms with Gasteiger partial charge in [-0.3, -0.25) is 14.4 Å². The zero-order chi connectivity index (χ0) is 33.6. The first-order valence-corrected chi connectivity index (χ1v) is 15.8. The predicted molar refractivity (Wildman–Crippen MR) is 151 cm³/mol. The second kappa shape index (κ2) is 12.5. The van der Waals surface area contributed by atoms with E-state index in [-0.39, 0.29) is 28.9 Å². The highest BCUT2D eigenvalue weighted by molar-refractivity contribution is 7.92. The lowest BCUT2D eigenvalue weighted by Crippen LogP contribution is -2.47. The molecule has 0 aliphatic heterocycles. The van der Waals surface area contributed by atoms with E-state index in [1.165, 1.54) is 7.11 Å². The molecule has 3 N–H and O–H groups in total. The van der Waals surface area contributed by atoms with Gasteiger partial charge < -0.3 is 25.2 Å². The van der Waals surface area contributed by atoms with Crippen molar-refractivity contribution in [1.82, 2.24) is 5.32 Å². The molecule has 0 radical (unpaired) electrons. The molecule has 0 heterocycles. The van der Waals surface area contributed by atoms with Gasteiger partial charge in [-0.15, -0.1) is 0 Å². The number of benzene rings is 2. The van der Waals surface area contributed by atoms with Gasteiger partial charge in [0.05, 0.1) is 30.6 Å². The summed E-state index contributed by atoms with van der Waals surface area (Å²) >= 11 is 0. The summed E-state index contributed by atoms with van der Waals surface area (Å²) in [7, 11) is -4.82. The van der Waals surface area contributed by atoms with E-state index in [4.69, 9.17) is 9.47 Å². The van der Waals surface area contributed by atoms with Gasteiger partial charge >= 0.3 is 11.5 Å². The number of amides is 2. The molecule has 2 amide bonds. The lowest BCUT2D eigenvalue weighted by Gasteiger charge is -2.29. The second-order valence-corrected chi connectivity index (χ2v) is 13.4. The van der Waals surface area contributed by atoms with Crippen molar-refractivity contribution in [3.05, 3.63) is 59.7 Å². The van der Waals surface area contributed by atoms with Gasteiger partial charge in [0.1, 0.15) is 16.5 Å². The van der Waals surface area contributed by atoms with Crippen LogP contribution in [-0.2, 0) is 19.4 Å². The number of alkyl halides is 3. The lowest BCUT2D eigenvalue weighted by molar-refractivity contribution is -0.143. The number of carbonyl (C=O) groups excluding carboxylic acids is 2. The maximum atomic E-state index is 14.9. The van der Waals surface area contributed by atoms with Crippen molar-refractivity contribution in [3.8, 4) is 11.5 Å². The number of carboxylic acid groups (broad SMARTS) is 1. The number of sulfone groups is 1. The molecule has 3 aliphatic rings. The van der Waals surface area contributed by atoms with Crippen LogP contribution in [0.1, 0.15) is 42.5 Å². The molecule has 0 unspecified atom stereocenters. The van der Waals surface area contributed by atoms with E-state index in [9.17, 15) is 49.9 Å². The van der Waals surface area contributed by atoms with E-state index in [0.717, 1.165) is 18.2 Å². The number of allylic oxidation sites excluding steroid dienone is 1. The van der Waals surface area contributed by atoms with Crippen LogP contribution < -0.4 is 20.1 Å². The van der Waals surface area contributed by atoms with Gasteiger partial charge in [0.25, 0.3) is 15.7 Å². The Hall–Kier alpha value is -4.21. The van der Waals surface area contributed by atoms with Gasteiger partial charge in [0.2, 0.25) is 5.91 Å². The van der Waals surface area contributed by atoms with Crippen LogP contribution in [0, 0.1) is 35.3 Å². The average Bonchev–Trinajstić information content (AvgIpc) is 3.60. The highest BCUT2D eigenvalue weighted by Gasteiger charge is 2.50. The molecule has 2 fully saturated rings. The number of carbonyl (C=O) groups is 3. The van der Waals surface area contributed by atoms with Crippen LogP contribution >= 0.6 is 0 Å². The number of aliphatic carboxylic acids is 1. The first-order valence-electron chi connectivity index (χ1n) is 14.3. The third-order valence-corrected chi connectivity index (χ3v) is 10.2. The molecule has 2 saturated carbocycles. The highest BCUT2D eigenvalue weighted by atomic mass is 32.2. The number of fused-ring (bicyclic) bond motifs is 2. The standard InChI is InChI=1S/C30H29F5N2O8S/c1-44-22-13-21(32)23(45-18-7-4-14(5-8-18)29(40)41)12-19(22)27(38)37-26-16-3-2-15(10-16)25(26)28(39)36-17-6-9-20(31)24(11-17)46(42,43)30(33,34)35/h2-3,6,9,11-16,18,25-26H,4-5,7-8,10H2,1H3,(H,36,39)(H,37,38)(H,40,41)/t14-,15-,16+,18+,25+,26-/m1/s1. The summed E-state index contributed by atoms with van der Waals surface area (Å²) in [5.74, 6) is -7.38. The van der Waals surface area contributed by atoms with Gasteiger partial charge in [-0.2, -0.15) is 13.2 Å². The second-order valence-electron chi connectivity index (χ2n) is 11.5. The Kier molecular flexibility index (Phi) is 9.03. The quantitative estimate of drug-likeness (QED) is 0.253. The van der Waals surface area contributed by atoms with Gasteiger partial charge in [-0.25, -0.2) is 17.2 Å². The highest BCUT2D eigenvalue weighted by Crippen LogP contribution is 2.45. The van der Waals surface area contributed by atoms with E-state index in [1.54, 1.807) is 12.2 Å². The molecule has 16 heteroatoms. The SMILES string of the molecule is COc1cc(F)c(O[C@H]2CC[C@@H](C(=O)O)CC2)cc1C(=O)N[C@H]1[C@@H](C(=O)Nc2ccc(F)c(S(=O)(=O)C(F)(F)F)c2)[C@@H]2C=C[C@H]1C2. The van der Waals surface area contributed by atoms with E-state index in [2.05, 4.69) is 10.6 Å². The summed E-state index contributed by atoms with van der Waals surface area (Å²) in [5, 5.41) is 14.3.